The van der Waals surface area contributed by atoms with E-state index < -0.39 is 0 Å². The minimum absolute atomic E-state index is 0.0619. The Hall–Kier alpha value is -3.00. The number of amides is 2. The van der Waals surface area contributed by atoms with Crippen LogP contribution in [0.1, 0.15) is 10.4 Å². The highest BCUT2D eigenvalue weighted by molar-refractivity contribution is 5.96. The van der Waals surface area contributed by atoms with Crippen LogP contribution in [0, 0.1) is 0 Å². The van der Waals surface area contributed by atoms with Gasteiger partial charge in [-0.2, -0.15) is 0 Å². The van der Waals surface area contributed by atoms with Crippen molar-refractivity contribution in [2.75, 3.05) is 57.0 Å². The molecule has 8 nitrogen and oxygen atoms in total. The Morgan fingerprint density at radius 1 is 1.04 bits per heavy atom. The highest BCUT2D eigenvalue weighted by Crippen LogP contribution is 2.12. The summed E-state index contributed by atoms with van der Waals surface area (Å²) < 4.78 is 0. The summed E-state index contributed by atoms with van der Waals surface area (Å²) in [6.07, 6.45) is 3.47. The molecule has 0 atom stereocenters. The van der Waals surface area contributed by atoms with E-state index in [-0.39, 0.29) is 11.8 Å². The number of carbonyl (C=O) groups excluding carboxylic acids is 2. The first-order chi connectivity index (χ1) is 13.0. The largest absolute Gasteiger partial charge is 0.345 e. The van der Waals surface area contributed by atoms with Crippen LogP contribution in [0.4, 0.5) is 11.6 Å². The molecule has 2 amide bonds. The number of nitrogens with one attached hydrogen (secondary N) is 1. The van der Waals surface area contributed by atoms with Crippen molar-refractivity contribution in [2.24, 2.45) is 0 Å². The third kappa shape index (κ3) is 5.01. The van der Waals surface area contributed by atoms with E-state index in [0.717, 1.165) is 32.1 Å². The van der Waals surface area contributed by atoms with Crippen molar-refractivity contribution in [2.45, 2.75) is 0 Å². The molecule has 1 aliphatic heterocycles. The van der Waals surface area contributed by atoms with Crippen molar-refractivity contribution in [3.8, 4) is 0 Å². The third-order valence-corrected chi connectivity index (χ3v) is 4.40. The fourth-order valence-corrected chi connectivity index (χ4v) is 2.92. The molecular formula is C19H24N6O2. The molecular weight excluding hydrogens is 344 g/mol. The van der Waals surface area contributed by atoms with Gasteiger partial charge in [-0.3, -0.25) is 14.5 Å². The van der Waals surface area contributed by atoms with Crippen molar-refractivity contribution >= 4 is 23.5 Å². The lowest BCUT2D eigenvalue weighted by Crippen LogP contribution is -2.49. The van der Waals surface area contributed by atoms with Gasteiger partial charge >= 0.3 is 0 Å². The van der Waals surface area contributed by atoms with Gasteiger partial charge in [0.2, 0.25) is 11.9 Å². The number of carbonyl (C=O) groups is 2. The first kappa shape index (κ1) is 18.8. The molecule has 0 aliphatic carbocycles. The first-order valence-corrected chi connectivity index (χ1v) is 8.89. The third-order valence-electron chi connectivity index (χ3n) is 4.40. The number of nitrogens with zero attached hydrogens (tertiary/aromatic N) is 5. The van der Waals surface area contributed by atoms with Crippen LogP contribution in [0.3, 0.4) is 0 Å². The lowest BCUT2D eigenvalue weighted by molar-refractivity contribution is -0.117. The molecule has 142 valence electrons. The lowest BCUT2D eigenvalue weighted by Gasteiger charge is -2.34. The Morgan fingerprint density at radius 3 is 2.26 bits per heavy atom. The molecule has 2 aromatic rings. The monoisotopic (exact) mass is 368 g/mol. The molecule has 1 saturated heterocycles. The summed E-state index contributed by atoms with van der Waals surface area (Å²) in [5, 5.41) is 2.88. The highest BCUT2D eigenvalue weighted by Gasteiger charge is 2.20. The maximum absolute atomic E-state index is 12.3. The zero-order chi connectivity index (χ0) is 19.2. The maximum Gasteiger partial charge on any atom is 0.253 e. The summed E-state index contributed by atoms with van der Waals surface area (Å²) in [5.41, 5.74) is 1.28. The van der Waals surface area contributed by atoms with Crippen LogP contribution in [-0.4, -0.2) is 78.4 Å². The summed E-state index contributed by atoms with van der Waals surface area (Å²) in [5.74, 6) is 0.605. The molecule has 0 spiro atoms. The molecule has 1 aliphatic rings. The molecule has 8 heteroatoms. The van der Waals surface area contributed by atoms with Gasteiger partial charge in [-0.25, -0.2) is 9.97 Å². The zero-order valence-electron chi connectivity index (χ0n) is 15.6. The molecule has 27 heavy (non-hydrogen) atoms. The number of rotatable bonds is 5. The van der Waals surface area contributed by atoms with Crippen molar-refractivity contribution in [1.29, 1.82) is 0 Å². The quantitative estimate of drug-likeness (QED) is 0.846. The second kappa shape index (κ2) is 8.59. The Kier molecular flexibility index (Phi) is 5.97. The average molecular weight is 368 g/mol. The summed E-state index contributed by atoms with van der Waals surface area (Å²) >= 11 is 0. The van der Waals surface area contributed by atoms with Crippen molar-refractivity contribution < 1.29 is 9.59 Å². The van der Waals surface area contributed by atoms with Crippen LogP contribution in [0.5, 0.6) is 0 Å². The summed E-state index contributed by atoms with van der Waals surface area (Å²) in [4.78, 5) is 38.5. The van der Waals surface area contributed by atoms with Gasteiger partial charge in [-0.15, -0.1) is 0 Å². The highest BCUT2D eigenvalue weighted by atomic mass is 16.2. The molecule has 0 saturated carbocycles. The lowest BCUT2D eigenvalue weighted by atomic mass is 10.2. The van der Waals surface area contributed by atoms with Gasteiger partial charge in [-0.05, 0) is 30.3 Å². The molecule has 1 aromatic heterocycles. The van der Waals surface area contributed by atoms with Gasteiger partial charge in [0.25, 0.3) is 5.91 Å². The summed E-state index contributed by atoms with van der Waals surface area (Å²) in [7, 11) is 3.42. The molecule has 1 fully saturated rings. The molecule has 0 bridgehead atoms. The second-order valence-electron chi connectivity index (χ2n) is 6.64. The van der Waals surface area contributed by atoms with Crippen LogP contribution in [0.25, 0.3) is 0 Å². The van der Waals surface area contributed by atoms with Crippen LogP contribution in [0.15, 0.2) is 42.7 Å². The van der Waals surface area contributed by atoms with Crippen LogP contribution in [0.2, 0.25) is 0 Å². The van der Waals surface area contributed by atoms with Crippen molar-refractivity contribution in [3.05, 3.63) is 48.3 Å². The predicted octanol–water partition coefficient (Wildman–Crippen LogP) is 0.939. The fraction of sp³-hybridized carbons (Fsp3) is 0.368. The van der Waals surface area contributed by atoms with Gasteiger partial charge < -0.3 is 15.1 Å². The van der Waals surface area contributed by atoms with Crippen LogP contribution in [-0.2, 0) is 4.79 Å². The minimum Gasteiger partial charge on any atom is -0.345 e. The molecule has 1 aromatic carbocycles. The number of piperazine rings is 1. The maximum atomic E-state index is 12.3. The fourth-order valence-electron chi connectivity index (χ4n) is 2.92. The van der Waals surface area contributed by atoms with E-state index in [1.165, 1.54) is 4.90 Å². The smallest absolute Gasteiger partial charge is 0.253 e. The molecule has 0 unspecified atom stereocenters. The summed E-state index contributed by atoms with van der Waals surface area (Å²) in [6.45, 7) is 3.48. The minimum atomic E-state index is -0.0638. The Bertz CT molecular complexity index is 771. The molecule has 3 rings (SSSR count). The van der Waals surface area contributed by atoms with Gasteiger partial charge in [0.1, 0.15) is 0 Å². The zero-order valence-corrected chi connectivity index (χ0v) is 15.6. The van der Waals surface area contributed by atoms with E-state index in [1.807, 2.05) is 0 Å². The topological polar surface area (TPSA) is 81.7 Å². The van der Waals surface area contributed by atoms with Crippen LogP contribution >= 0.6 is 0 Å². The predicted molar refractivity (Wildman–Crippen MR) is 104 cm³/mol. The average Bonchev–Trinajstić information content (AvgIpc) is 2.69. The first-order valence-electron chi connectivity index (χ1n) is 8.89. The van der Waals surface area contributed by atoms with E-state index in [0.29, 0.717) is 17.8 Å². The standard InChI is InChI=1S/C19H24N6O2/c1-23(2)18(27)15-4-6-16(7-5-15)22-17(26)14-24-10-12-25(13-11-24)19-20-8-3-9-21-19/h3-9H,10-14H2,1-2H3,(H,22,26). The summed E-state index contributed by atoms with van der Waals surface area (Å²) in [6, 6.07) is 8.73. The van der Waals surface area contributed by atoms with E-state index >= 15 is 0 Å². The molecule has 0 radical (unpaired) electrons. The van der Waals surface area contributed by atoms with E-state index in [9.17, 15) is 9.59 Å². The number of hydrogen-bond acceptors (Lipinski definition) is 6. The number of benzene rings is 1. The van der Waals surface area contributed by atoms with Gasteiger partial charge in [0.05, 0.1) is 6.54 Å². The molecule has 2 heterocycles. The van der Waals surface area contributed by atoms with E-state index in [1.54, 1.807) is 56.8 Å². The van der Waals surface area contributed by atoms with E-state index in [4.69, 9.17) is 0 Å². The molecule has 1 N–H and O–H groups in total. The van der Waals surface area contributed by atoms with Gasteiger partial charge in [0, 0.05) is 63.9 Å². The van der Waals surface area contributed by atoms with Gasteiger partial charge in [0.15, 0.2) is 0 Å². The van der Waals surface area contributed by atoms with Crippen LogP contribution < -0.4 is 10.2 Å². The van der Waals surface area contributed by atoms with E-state index in [2.05, 4.69) is 25.1 Å². The number of anilines is 2. The SMILES string of the molecule is CN(C)C(=O)c1ccc(NC(=O)CN2CCN(c3ncccn3)CC2)cc1. The Labute approximate surface area is 158 Å². The van der Waals surface area contributed by atoms with Crippen molar-refractivity contribution in [3.63, 3.8) is 0 Å². The number of aromatic nitrogens is 2. The van der Waals surface area contributed by atoms with Gasteiger partial charge in [-0.1, -0.05) is 0 Å². The number of hydrogen-bond donors (Lipinski definition) is 1. The Morgan fingerprint density at radius 2 is 1.67 bits per heavy atom. The second-order valence-corrected chi connectivity index (χ2v) is 6.64. The van der Waals surface area contributed by atoms with Crippen molar-refractivity contribution in [1.82, 2.24) is 19.8 Å². The Balaban J connectivity index is 1.47. The normalized spacial score (nSPS) is 14.7.